The Balaban J connectivity index is 1.38. The minimum absolute atomic E-state index is 0.204. The highest BCUT2D eigenvalue weighted by atomic mass is 32.2. The smallest absolute Gasteiger partial charge is 0.316 e. The Hall–Kier alpha value is -4.74. The predicted molar refractivity (Wildman–Crippen MR) is 160 cm³/mol. The second-order valence-corrected chi connectivity index (χ2v) is 10.5. The van der Waals surface area contributed by atoms with Crippen LogP contribution in [0.5, 0.6) is 6.01 Å². The zero-order valence-electron chi connectivity index (χ0n) is 23.1. The van der Waals surface area contributed by atoms with Crippen LogP contribution in [0, 0.1) is 11.6 Å². The molecule has 0 aliphatic carbocycles. The Bertz CT molecular complexity index is 1730. The lowest BCUT2D eigenvalue weighted by atomic mass is 10.0. The summed E-state index contributed by atoms with van der Waals surface area (Å²) < 4.78 is 33.3. The van der Waals surface area contributed by atoms with Gasteiger partial charge in [0.1, 0.15) is 17.8 Å². The van der Waals surface area contributed by atoms with Gasteiger partial charge >= 0.3 is 6.01 Å². The summed E-state index contributed by atoms with van der Waals surface area (Å²) in [4.78, 5) is 37.9. The number of aldehydes is 1. The minimum atomic E-state index is -0.841. The molecule has 0 spiro atoms. The third kappa shape index (κ3) is 7.76. The molecule has 1 unspecified atom stereocenters. The summed E-state index contributed by atoms with van der Waals surface area (Å²) in [6.07, 6.45) is 4.87. The third-order valence-corrected chi connectivity index (χ3v) is 7.64. The van der Waals surface area contributed by atoms with E-state index in [1.807, 2.05) is 24.3 Å². The number of thioether (sulfide) groups is 1. The molecule has 43 heavy (non-hydrogen) atoms. The van der Waals surface area contributed by atoms with E-state index >= 15 is 0 Å². The van der Waals surface area contributed by atoms with Gasteiger partial charge in [-0.05, 0) is 52.1 Å². The summed E-state index contributed by atoms with van der Waals surface area (Å²) in [7, 11) is 1.46. The summed E-state index contributed by atoms with van der Waals surface area (Å²) in [5.74, 6) is -0.224. The molecule has 2 heterocycles. The maximum Gasteiger partial charge on any atom is 0.316 e. The molecule has 2 aromatic heterocycles. The molecule has 1 N–H and O–H groups in total. The van der Waals surface area contributed by atoms with Gasteiger partial charge in [0.05, 0.1) is 7.11 Å². The number of carbonyl (C=O) groups is 1. The first-order valence-corrected chi connectivity index (χ1v) is 14.3. The van der Waals surface area contributed by atoms with Crippen LogP contribution in [0.15, 0.2) is 101 Å². The van der Waals surface area contributed by atoms with Gasteiger partial charge < -0.3 is 9.30 Å². The van der Waals surface area contributed by atoms with Gasteiger partial charge in [0.2, 0.25) is 0 Å². The molecule has 0 radical (unpaired) electrons. The van der Waals surface area contributed by atoms with Crippen LogP contribution in [0.3, 0.4) is 0 Å². The first-order chi connectivity index (χ1) is 20.9. The van der Waals surface area contributed by atoms with E-state index in [4.69, 9.17) is 4.74 Å². The van der Waals surface area contributed by atoms with Gasteiger partial charge in [-0.25, -0.2) is 18.7 Å². The number of halogens is 2. The SMILES string of the molecule is COc1ncc(Cc2cn(C(C=O)NCc3ccc(-c4ccc(F)cc4)cc3)c(SCc3ccc(F)cc3)nc2=O)cn1. The summed E-state index contributed by atoms with van der Waals surface area (Å²) in [6.45, 7) is 0.350. The van der Waals surface area contributed by atoms with Crippen LogP contribution in [0.4, 0.5) is 8.78 Å². The second-order valence-electron chi connectivity index (χ2n) is 9.60. The number of nitrogens with one attached hydrogen (secondary N) is 1. The van der Waals surface area contributed by atoms with Gasteiger partial charge in [-0.15, -0.1) is 0 Å². The maximum atomic E-state index is 13.4. The summed E-state index contributed by atoms with van der Waals surface area (Å²) in [6, 6.07) is 20.3. The van der Waals surface area contributed by atoms with E-state index < -0.39 is 11.7 Å². The van der Waals surface area contributed by atoms with Crippen LogP contribution in [0.25, 0.3) is 11.1 Å². The van der Waals surface area contributed by atoms with Crippen molar-refractivity contribution in [1.82, 2.24) is 24.8 Å². The van der Waals surface area contributed by atoms with Gasteiger partial charge in [0.25, 0.3) is 5.56 Å². The predicted octanol–water partition coefficient (Wildman–Crippen LogP) is 5.36. The van der Waals surface area contributed by atoms with Crippen molar-refractivity contribution in [3.63, 3.8) is 0 Å². The molecular weight excluding hydrogens is 572 g/mol. The molecule has 0 amide bonds. The molecule has 11 heteroatoms. The fraction of sp³-hybridized carbons (Fsp3) is 0.156. The standard InChI is InChI=1S/C32H27F2N5O3S/c1-42-31-36-16-23(17-37-31)14-26-18-39(32(38-30(26)41)43-20-22-4-10-27(33)11-5-22)29(19-40)35-15-21-2-6-24(7-3-21)25-8-12-28(34)13-9-25/h2-13,16-19,29,35H,14-15,20H2,1H3. The minimum Gasteiger partial charge on any atom is -0.467 e. The molecule has 0 fully saturated rings. The number of aromatic nitrogens is 4. The van der Waals surface area contributed by atoms with Crippen LogP contribution >= 0.6 is 11.8 Å². The van der Waals surface area contributed by atoms with Crippen LogP contribution in [0.2, 0.25) is 0 Å². The maximum absolute atomic E-state index is 13.4. The van der Waals surface area contributed by atoms with Gasteiger partial charge in [-0.3, -0.25) is 14.9 Å². The normalized spacial score (nSPS) is 11.7. The number of rotatable bonds is 12. The molecule has 8 nitrogen and oxygen atoms in total. The van der Waals surface area contributed by atoms with Gasteiger partial charge in [0.15, 0.2) is 11.4 Å². The monoisotopic (exact) mass is 599 g/mol. The summed E-state index contributed by atoms with van der Waals surface area (Å²) in [5, 5.41) is 3.57. The molecule has 0 saturated carbocycles. The van der Waals surface area contributed by atoms with E-state index in [1.54, 1.807) is 47.4 Å². The molecule has 218 valence electrons. The second kappa shape index (κ2) is 14.0. The van der Waals surface area contributed by atoms with E-state index in [-0.39, 0.29) is 24.1 Å². The first kappa shape index (κ1) is 29.7. The van der Waals surface area contributed by atoms with E-state index in [9.17, 15) is 18.4 Å². The number of benzene rings is 3. The fourth-order valence-electron chi connectivity index (χ4n) is 4.30. The Morgan fingerprint density at radius 3 is 2.07 bits per heavy atom. The van der Waals surface area contributed by atoms with Crippen molar-refractivity contribution in [2.75, 3.05) is 7.11 Å². The molecular formula is C32H27F2N5O3S. The quantitative estimate of drug-likeness (QED) is 0.116. The average Bonchev–Trinajstić information content (AvgIpc) is 3.03. The molecule has 3 aromatic carbocycles. The zero-order valence-corrected chi connectivity index (χ0v) is 23.9. The fourth-order valence-corrected chi connectivity index (χ4v) is 5.25. The van der Waals surface area contributed by atoms with E-state index in [0.29, 0.717) is 28.6 Å². The van der Waals surface area contributed by atoms with Crippen LogP contribution < -0.4 is 15.6 Å². The number of methoxy groups -OCH3 is 1. The van der Waals surface area contributed by atoms with Crippen LogP contribution in [-0.4, -0.2) is 32.9 Å². The highest BCUT2D eigenvalue weighted by Crippen LogP contribution is 2.24. The number of hydrogen-bond donors (Lipinski definition) is 1. The van der Waals surface area contributed by atoms with E-state index in [1.165, 1.54) is 43.1 Å². The lowest BCUT2D eigenvalue weighted by molar-refractivity contribution is -0.111. The van der Waals surface area contributed by atoms with Crippen molar-refractivity contribution in [2.24, 2.45) is 0 Å². The number of nitrogens with zero attached hydrogens (tertiary/aromatic N) is 4. The Labute approximate surface area is 250 Å². The zero-order chi connectivity index (χ0) is 30.2. The highest BCUT2D eigenvalue weighted by molar-refractivity contribution is 7.98. The van der Waals surface area contributed by atoms with Crippen molar-refractivity contribution < 1.29 is 18.3 Å². The van der Waals surface area contributed by atoms with Crippen molar-refractivity contribution in [2.45, 2.75) is 30.0 Å². The Kier molecular flexibility index (Phi) is 9.65. The summed E-state index contributed by atoms with van der Waals surface area (Å²) in [5.41, 5.74) is 4.18. The lowest BCUT2D eigenvalue weighted by Crippen LogP contribution is -2.31. The van der Waals surface area contributed by atoms with Crippen molar-refractivity contribution in [3.05, 3.63) is 136 Å². The van der Waals surface area contributed by atoms with Crippen LogP contribution in [-0.2, 0) is 23.5 Å². The molecule has 5 aromatic rings. The molecule has 0 bridgehead atoms. The third-order valence-electron chi connectivity index (χ3n) is 6.60. The molecule has 0 aliphatic heterocycles. The molecule has 5 rings (SSSR count). The highest BCUT2D eigenvalue weighted by Gasteiger charge is 2.18. The van der Waals surface area contributed by atoms with Crippen molar-refractivity contribution in [1.29, 1.82) is 0 Å². The van der Waals surface area contributed by atoms with Crippen LogP contribution in [0.1, 0.15) is 28.4 Å². The molecule has 0 saturated heterocycles. The first-order valence-electron chi connectivity index (χ1n) is 13.3. The molecule has 1 atom stereocenters. The Morgan fingerprint density at radius 1 is 0.884 bits per heavy atom. The Morgan fingerprint density at radius 2 is 1.47 bits per heavy atom. The molecule has 0 aliphatic rings. The van der Waals surface area contributed by atoms with Crippen molar-refractivity contribution >= 4 is 18.0 Å². The summed E-state index contributed by atoms with van der Waals surface area (Å²) >= 11 is 1.27. The van der Waals surface area contributed by atoms with E-state index in [2.05, 4.69) is 20.3 Å². The number of carbonyl (C=O) groups excluding carboxylic acids is 1. The number of ether oxygens (including phenoxy) is 1. The topological polar surface area (TPSA) is 99.0 Å². The van der Waals surface area contributed by atoms with E-state index in [0.717, 1.165) is 28.5 Å². The van der Waals surface area contributed by atoms with Gasteiger partial charge in [0, 0.05) is 42.9 Å². The van der Waals surface area contributed by atoms with Gasteiger partial charge in [-0.2, -0.15) is 4.98 Å². The largest absolute Gasteiger partial charge is 0.467 e. The average molecular weight is 600 g/mol. The van der Waals surface area contributed by atoms with Crippen molar-refractivity contribution in [3.8, 4) is 17.1 Å². The lowest BCUT2D eigenvalue weighted by Gasteiger charge is -2.21. The number of hydrogen-bond acceptors (Lipinski definition) is 8. The van der Waals surface area contributed by atoms with Gasteiger partial charge in [-0.1, -0.05) is 60.3 Å².